The summed E-state index contributed by atoms with van der Waals surface area (Å²) in [5, 5.41) is 5.08. The van der Waals surface area contributed by atoms with Crippen molar-refractivity contribution in [2.24, 2.45) is 5.92 Å². The number of rotatable bonds is 5. The Labute approximate surface area is 171 Å². The number of benzene rings is 1. The third kappa shape index (κ3) is 3.64. The fourth-order valence-corrected chi connectivity index (χ4v) is 6.82. The first kappa shape index (κ1) is 19.3. The molecule has 0 spiro atoms. The van der Waals surface area contributed by atoms with Crippen LogP contribution in [0.3, 0.4) is 0 Å². The van der Waals surface area contributed by atoms with E-state index in [2.05, 4.69) is 10.3 Å². The third-order valence-electron chi connectivity index (χ3n) is 4.68. The lowest BCUT2D eigenvalue weighted by Gasteiger charge is -2.30. The number of ether oxygens (including phenoxy) is 1. The molecule has 1 saturated heterocycles. The summed E-state index contributed by atoms with van der Waals surface area (Å²) in [6.45, 7) is 0.614. The molecule has 28 heavy (non-hydrogen) atoms. The molecule has 148 valence electrons. The minimum Gasteiger partial charge on any atom is -0.494 e. The Morgan fingerprint density at radius 1 is 1.32 bits per heavy atom. The molecule has 0 saturated carbocycles. The first-order valence-corrected chi connectivity index (χ1v) is 11.9. The number of aromatic nitrogens is 1. The van der Waals surface area contributed by atoms with Gasteiger partial charge in [0.2, 0.25) is 5.91 Å². The van der Waals surface area contributed by atoms with Gasteiger partial charge in [-0.2, -0.15) is 4.31 Å². The molecule has 10 heteroatoms. The number of nitrogens with one attached hydrogen (secondary N) is 1. The van der Waals surface area contributed by atoms with Gasteiger partial charge in [-0.25, -0.2) is 13.4 Å². The Bertz CT molecular complexity index is 1090. The van der Waals surface area contributed by atoms with E-state index in [0.717, 1.165) is 4.70 Å². The highest BCUT2D eigenvalue weighted by atomic mass is 32.2. The van der Waals surface area contributed by atoms with Crippen LogP contribution in [0.2, 0.25) is 0 Å². The summed E-state index contributed by atoms with van der Waals surface area (Å²) in [5.41, 5.74) is 0.704. The average molecular weight is 438 g/mol. The number of nitrogens with zero attached hydrogens (tertiary/aromatic N) is 2. The topological polar surface area (TPSA) is 88.6 Å². The van der Waals surface area contributed by atoms with Crippen LogP contribution >= 0.6 is 22.7 Å². The van der Waals surface area contributed by atoms with E-state index >= 15 is 0 Å². The van der Waals surface area contributed by atoms with Crippen LogP contribution in [0.25, 0.3) is 10.2 Å². The Hall–Kier alpha value is -2.01. The van der Waals surface area contributed by atoms with Gasteiger partial charge in [0.15, 0.2) is 5.13 Å². The number of hydrogen-bond acceptors (Lipinski definition) is 7. The molecule has 0 bridgehead atoms. The van der Waals surface area contributed by atoms with Crippen LogP contribution < -0.4 is 10.1 Å². The zero-order valence-corrected chi connectivity index (χ0v) is 17.6. The summed E-state index contributed by atoms with van der Waals surface area (Å²) in [6, 6.07) is 8.92. The van der Waals surface area contributed by atoms with Gasteiger partial charge >= 0.3 is 0 Å². The SMILES string of the molecule is COc1cccc2sc(NC(=O)C3CCCN(S(=O)(=O)c4cccs4)C3)nc12. The molecule has 1 aromatic carbocycles. The van der Waals surface area contributed by atoms with E-state index in [1.54, 1.807) is 24.6 Å². The van der Waals surface area contributed by atoms with Crippen LogP contribution in [0.4, 0.5) is 5.13 Å². The number of sulfonamides is 1. The number of thiophene rings is 1. The molecule has 3 aromatic rings. The molecule has 1 aliphatic rings. The molecule has 1 atom stereocenters. The molecule has 1 aliphatic heterocycles. The van der Waals surface area contributed by atoms with E-state index in [0.29, 0.717) is 40.0 Å². The van der Waals surface area contributed by atoms with E-state index in [-0.39, 0.29) is 12.5 Å². The quantitative estimate of drug-likeness (QED) is 0.661. The number of fused-ring (bicyclic) bond motifs is 1. The van der Waals surface area contributed by atoms with Crippen molar-refractivity contribution in [3.63, 3.8) is 0 Å². The predicted molar refractivity (Wildman–Crippen MR) is 111 cm³/mol. The van der Waals surface area contributed by atoms with Crippen molar-refractivity contribution >= 4 is 54.0 Å². The van der Waals surface area contributed by atoms with Crippen molar-refractivity contribution < 1.29 is 17.9 Å². The van der Waals surface area contributed by atoms with Gasteiger partial charge in [-0.05, 0) is 36.4 Å². The van der Waals surface area contributed by atoms with Gasteiger partial charge in [0.05, 0.1) is 17.7 Å². The van der Waals surface area contributed by atoms with E-state index < -0.39 is 15.9 Å². The zero-order valence-electron chi connectivity index (χ0n) is 15.1. The number of carbonyl (C=O) groups excluding carboxylic acids is 1. The summed E-state index contributed by atoms with van der Waals surface area (Å²) in [7, 11) is -1.96. The van der Waals surface area contributed by atoms with Crippen LogP contribution in [0.1, 0.15) is 12.8 Å². The highest BCUT2D eigenvalue weighted by Crippen LogP contribution is 2.33. The Morgan fingerprint density at radius 3 is 2.93 bits per heavy atom. The number of anilines is 1. The number of methoxy groups -OCH3 is 1. The van der Waals surface area contributed by atoms with Crippen LogP contribution in [0.5, 0.6) is 5.75 Å². The minimum absolute atomic E-state index is 0.181. The van der Waals surface area contributed by atoms with Gasteiger partial charge in [-0.3, -0.25) is 4.79 Å². The fourth-order valence-electron chi connectivity index (χ4n) is 3.26. The van der Waals surface area contributed by atoms with Crippen molar-refractivity contribution in [2.75, 3.05) is 25.5 Å². The highest BCUT2D eigenvalue weighted by molar-refractivity contribution is 7.91. The number of piperidine rings is 1. The normalized spacial score (nSPS) is 18.2. The first-order valence-electron chi connectivity index (χ1n) is 8.77. The molecule has 0 aliphatic carbocycles. The summed E-state index contributed by atoms with van der Waals surface area (Å²) >= 11 is 2.56. The third-order valence-corrected chi connectivity index (χ3v) is 8.85. The van der Waals surface area contributed by atoms with Gasteiger partial charge in [0, 0.05) is 13.1 Å². The van der Waals surface area contributed by atoms with Crippen molar-refractivity contribution in [1.82, 2.24) is 9.29 Å². The van der Waals surface area contributed by atoms with Gasteiger partial charge in [-0.1, -0.05) is 23.5 Å². The summed E-state index contributed by atoms with van der Waals surface area (Å²) < 4.78 is 33.4. The fraction of sp³-hybridized carbons (Fsp3) is 0.333. The second-order valence-electron chi connectivity index (χ2n) is 6.45. The lowest BCUT2D eigenvalue weighted by atomic mass is 9.99. The highest BCUT2D eigenvalue weighted by Gasteiger charge is 2.34. The molecule has 0 radical (unpaired) electrons. The van der Waals surface area contributed by atoms with Gasteiger partial charge in [0.1, 0.15) is 15.5 Å². The van der Waals surface area contributed by atoms with Gasteiger partial charge < -0.3 is 10.1 Å². The minimum atomic E-state index is -3.55. The molecule has 1 fully saturated rings. The number of para-hydroxylation sites is 1. The van der Waals surface area contributed by atoms with E-state index in [9.17, 15) is 13.2 Å². The molecular formula is C18H19N3O4S3. The van der Waals surface area contributed by atoms with Crippen molar-refractivity contribution in [1.29, 1.82) is 0 Å². The smallest absolute Gasteiger partial charge is 0.252 e. The van der Waals surface area contributed by atoms with Crippen molar-refractivity contribution in [2.45, 2.75) is 17.1 Å². The van der Waals surface area contributed by atoms with E-state index in [1.165, 1.54) is 27.0 Å². The average Bonchev–Trinajstić information content (AvgIpc) is 3.37. The maximum Gasteiger partial charge on any atom is 0.252 e. The molecule has 7 nitrogen and oxygen atoms in total. The lowest BCUT2D eigenvalue weighted by Crippen LogP contribution is -2.43. The molecule has 1 N–H and O–H groups in total. The second kappa shape index (κ2) is 7.78. The maximum absolute atomic E-state index is 12.8. The van der Waals surface area contributed by atoms with E-state index in [1.807, 2.05) is 18.2 Å². The predicted octanol–water partition coefficient (Wildman–Crippen LogP) is 3.41. The van der Waals surface area contributed by atoms with Crippen LogP contribution in [0.15, 0.2) is 39.9 Å². The first-order chi connectivity index (χ1) is 13.5. The molecule has 1 amide bonds. The monoisotopic (exact) mass is 437 g/mol. The molecule has 2 aromatic heterocycles. The lowest BCUT2D eigenvalue weighted by molar-refractivity contribution is -0.120. The molecule has 1 unspecified atom stereocenters. The number of hydrogen-bond donors (Lipinski definition) is 1. The maximum atomic E-state index is 12.8. The summed E-state index contributed by atoms with van der Waals surface area (Å²) in [6.07, 6.45) is 1.30. The molecule has 3 heterocycles. The summed E-state index contributed by atoms with van der Waals surface area (Å²) in [4.78, 5) is 17.2. The Kier molecular flexibility index (Phi) is 5.37. The number of carbonyl (C=O) groups is 1. The van der Waals surface area contributed by atoms with E-state index in [4.69, 9.17) is 4.74 Å². The molecular weight excluding hydrogens is 418 g/mol. The van der Waals surface area contributed by atoms with Crippen LogP contribution in [-0.4, -0.2) is 43.8 Å². The molecule has 4 rings (SSSR count). The zero-order chi connectivity index (χ0) is 19.7. The van der Waals surface area contributed by atoms with Gasteiger partial charge in [0.25, 0.3) is 10.0 Å². The Balaban J connectivity index is 1.49. The standard InChI is InChI=1S/C18H19N3O4S3/c1-25-13-6-2-7-14-16(13)19-18(27-14)20-17(22)12-5-3-9-21(11-12)28(23,24)15-8-4-10-26-15/h2,4,6-8,10,12H,3,5,9,11H2,1H3,(H,19,20,22). The van der Waals surface area contributed by atoms with Gasteiger partial charge in [-0.15, -0.1) is 11.3 Å². The number of thiazole rings is 1. The second-order valence-corrected chi connectivity index (χ2v) is 10.6. The van der Waals surface area contributed by atoms with Crippen LogP contribution in [-0.2, 0) is 14.8 Å². The van der Waals surface area contributed by atoms with Crippen molar-refractivity contribution in [3.8, 4) is 5.75 Å². The van der Waals surface area contributed by atoms with Crippen LogP contribution in [0, 0.1) is 5.92 Å². The summed E-state index contributed by atoms with van der Waals surface area (Å²) in [5.74, 6) is 0.0432. The Morgan fingerprint density at radius 2 is 2.18 bits per heavy atom. The van der Waals surface area contributed by atoms with Crippen molar-refractivity contribution in [3.05, 3.63) is 35.7 Å². The number of amides is 1. The largest absolute Gasteiger partial charge is 0.494 e.